The van der Waals surface area contributed by atoms with E-state index in [2.05, 4.69) is 10.3 Å². The monoisotopic (exact) mass is 244 g/mol. The lowest BCUT2D eigenvalue weighted by Crippen LogP contribution is -2.02. The molecule has 0 amide bonds. The quantitative estimate of drug-likeness (QED) is 0.897. The molecular weight excluding hydrogens is 236 g/mol. The SMILES string of the molecule is CNCc1cnc(-c2sccc2Cl)s1. The van der Waals surface area contributed by atoms with Gasteiger partial charge in [0.2, 0.25) is 0 Å². The molecule has 14 heavy (non-hydrogen) atoms. The van der Waals surface area contributed by atoms with Gasteiger partial charge in [0.1, 0.15) is 5.01 Å². The number of nitrogens with zero attached hydrogens (tertiary/aromatic N) is 1. The summed E-state index contributed by atoms with van der Waals surface area (Å²) in [5, 5.41) is 6.88. The highest BCUT2D eigenvalue weighted by molar-refractivity contribution is 7.21. The van der Waals surface area contributed by atoms with Gasteiger partial charge < -0.3 is 5.32 Å². The van der Waals surface area contributed by atoms with E-state index in [4.69, 9.17) is 11.6 Å². The molecule has 1 N–H and O–H groups in total. The van der Waals surface area contributed by atoms with E-state index in [-0.39, 0.29) is 0 Å². The van der Waals surface area contributed by atoms with Gasteiger partial charge in [-0.2, -0.15) is 0 Å². The Balaban J connectivity index is 2.29. The van der Waals surface area contributed by atoms with Crippen LogP contribution in [0.4, 0.5) is 0 Å². The summed E-state index contributed by atoms with van der Waals surface area (Å²) >= 11 is 9.33. The third-order valence-corrected chi connectivity index (χ3v) is 4.21. The second-order valence-corrected chi connectivity index (χ2v) is 5.20. The molecule has 0 aromatic carbocycles. The average Bonchev–Trinajstić information content (AvgIpc) is 2.74. The first kappa shape index (κ1) is 10.1. The summed E-state index contributed by atoms with van der Waals surface area (Å²) in [6, 6.07) is 1.90. The second-order valence-electron chi connectivity index (χ2n) is 2.76. The van der Waals surface area contributed by atoms with Crippen LogP contribution in [0.5, 0.6) is 0 Å². The van der Waals surface area contributed by atoms with Crippen LogP contribution in [0.25, 0.3) is 9.88 Å². The highest BCUT2D eigenvalue weighted by atomic mass is 35.5. The molecule has 2 heterocycles. The first-order valence-electron chi connectivity index (χ1n) is 4.14. The van der Waals surface area contributed by atoms with E-state index in [0.717, 1.165) is 21.5 Å². The number of halogens is 1. The molecule has 0 radical (unpaired) electrons. The summed E-state index contributed by atoms with van der Waals surface area (Å²) < 4.78 is 0. The van der Waals surface area contributed by atoms with Crippen LogP contribution in [-0.2, 0) is 6.54 Å². The number of thiophene rings is 1. The zero-order valence-corrected chi connectivity index (χ0v) is 9.97. The van der Waals surface area contributed by atoms with Crippen molar-refractivity contribution in [2.45, 2.75) is 6.54 Å². The molecule has 0 saturated carbocycles. The van der Waals surface area contributed by atoms with Crippen LogP contribution < -0.4 is 5.32 Å². The van der Waals surface area contributed by atoms with Crippen molar-refractivity contribution in [1.29, 1.82) is 0 Å². The Kier molecular flexibility index (Phi) is 3.18. The molecule has 0 unspecified atom stereocenters. The first-order valence-corrected chi connectivity index (χ1v) is 6.21. The second kappa shape index (κ2) is 4.40. The molecule has 5 heteroatoms. The van der Waals surface area contributed by atoms with Gasteiger partial charge in [0.25, 0.3) is 0 Å². The minimum atomic E-state index is 0.792. The van der Waals surface area contributed by atoms with Gasteiger partial charge in [0, 0.05) is 17.6 Å². The molecule has 2 rings (SSSR count). The summed E-state index contributed by atoms with van der Waals surface area (Å²) in [6.07, 6.45) is 1.90. The standard InChI is InChI=1S/C9H9ClN2S2/c1-11-4-6-5-12-9(14-6)8-7(10)2-3-13-8/h2-3,5,11H,4H2,1H3. The Labute approximate surface area is 95.6 Å². The van der Waals surface area contributed by atoms with Crippen molar-refractivity contribution >= 4 is 34.3 Å². The maximum absolute atomic E-state index is 6.02. The summed E-state index contributed by atoms with van der Waals surface area (Å²) in [4.78, 5) is 6.64. The van der Waals surface area contributed by atoms with Crippen LogP contribution in [0.2, 0.25) is 5.02 Å². The molecule has 0 aliphatic heterocycles. The van der Waals surface area contributed by atoms with Gasteiger partial charge in [-0.15, -0.1) is 22.7 Å². The van der Waals surface area contributed by atoms with E-state index >= 15 is 0 Å². The fraction of sp³-hybridized carbons (Fsp3) is 0.222. The van der Waals surface area contributed by atoms with E-state index in [1.807, 2.05) is 24.7 Å². The van der Waals surface area contributed by atoms with Crippen molar-refractivity contribution in [1.82, 2.24) is 10.3 Å². The van der Waals surface area contributed by atoms with Crippen molar-refractivity contribution in [3.05, 3.63) is 27.5 Å². The highest BCUT2D eigenvalue weighted by Crippen LogP contribution is 2.35. The van der Waals surface area contributed by atoms with Crippen LogP contribution in [0.15, 0.2) is 17.6 Å². The van der Waals surface area contributed by atoms with E-state index in [9.17, 15) is 0 Å². The molecule has 0 atom stereocenters. The number of hydrogen-bond donors (Lipinski definition) is 1. The molecule has 0 saturated heterocycles. The largest absolute Gasteiger partial charge is 0.315 e. The fourth-order valence-corrected chi connectivity index (χ4v) is 3.35. The molecule has 2 nitrogen and oxygen atoms in total. The predicted octanol–water partition coefficient (Wildman–Crippen LogP) is 3.24. The molecular formula is C9H9ClN2S2. The third-order valence-electron chi connectivity index (χ3n) is 1.72. The smallest absolute Gasteiger partial charge is 0.135 e. The molecule has 0 bridgehead atoms. The lowest BCUT2D eigenvalue weighted by molar-refractivity contribution is 0.829. The Morgan fingerprint density at radius 1 is 1.57 bits per heavy atom. The number of rotatable bonds is 3. The van der Waals surface area contributed by atoms with E-state index in [1.165, 1.54) is 4.88 Å². The Morgan fingerprint density at radius 3 is 3.07 bits per heavy atom. The van der Waals surface area contributed by atoms with E-state index in [0.29, 0.717) is 0 Å². The molecule has 0 spiro atoms. The van der Waals surface area contributed by atoms with Crippen molar-refractivity contribution in [2.24, 2.45) is 0 Å². The van der Waals surface area contributed by atoms with Gasteiger partial charge in [-0.3, -0.25) is 0 Å². The van der Waals surface area contributed by atoms with Gasteiger partial charge in [-0.05, 0) is 18.5 Å². The summed E-state index contributed by atoms with van der Waals surface area (Å²) in [6.45, 7) is 0.862. The Morgan fingerprint density at radius 2 is 2.43 bits per heavy atom. The maximum Gasteiger partial charge on any atom is 0.135 e. The number of hydrogen-bond acceptors (Lipinski definition) is 4. The van der Waals surface area contributed by atoms with Gasteiger partial charge >= 0.3 is 0 Å². The van der Waals surface area contributed by atoms with Crippen molar-refractivity contribution in [3.8, 4) is 9.88 Å². The Hall–Kier alpha value is -0.420. The summed E-state index contributed by atoms with van der Waals surface area (Å²) in [7, 11) is 1.93. The normalized spacial score (nSPS) is 10.7. The number of nitrogens with one attached hydrogen (secondary N) is 1. The van der Waals surface area contributed by atoms with Crippen molar-refractivity contribution in [3.63, 3.8) is 0 Å². The lowest BCUT2D eigenvalue weighted by Gasteiger charge is -1.91. The highest BCUT2D eigenvalue weighted by Gasteiger charge is 2.09. The number of aromatic nitrogens is 1. The van der Waals surface area contributed by atoms with Gasteiger partial charge in [0.15, 0.2) is 0 Å². The molecule has 0 aliphatic rings. The zero-order valence-electron chi connectivity index (χ0n) is 7.58. The van der Waals surface area contributed by atoms with Gasteiger partial charge in [-0.1, -0.05) is 11.6 Å². The molecule has 74 valence electrons. The minimum absolute atomic E-state index is 0.792. The minimum Gasteiger partial charge on any atom is -0.315 e. The number of thiazole rings is 1. The maximum atomic E-state index is 6.02. The van der Waals surface area contributed by atoms with Gasteiger partial charge in [0.05, 0.1) is 9.90 Å². The Bertz CT molecular complexity index is 422. The van der Waals surface area contributed by atoms with Crippen LogP contribution in [0, 0.1) is 0 Å². The summed E-state index contributed by atoms with van der Waals surface area (Å²) in [5.41, 5.74) is 0. The van der Waals surface area contributed by atoms with E-state index in [1.54, 1.807) is 22.7 Å². The van der Waals surface area contributed by atoms with Crippen LogP contribution in [0.3, 0.4) is 0 Å². The van der Waals surface area contributed by atoms with Crippen molar-refractivity contribution in [2.75, 3.05) is 7.05 Å². The topological polar surface area (TPSA) is 24.9 Å². The molecule has 0 aliphatic carbocycles. The van der Waals surface area contributed by atoms with Crippen LogP contribution in [-0.4, -0.2) is 12.0 Å². The summed E-state index contributed by atoms with van der Waals surface area (Å²) in [5.74, 6) is 0. The fourth-order valence-electron chi connectivity index (χ4n) is 1.11. The van der Waals surface area contributed by atoms with Crippen molar-refractivity contribution < 1.29 is 0 Å². The molecule has 2 aromatic rings. The average molecular weight is 245 g/mol. The first-order chi connectivity index (χ1) is 6.81. The van der Waals surface area contributed by atoms with Crippen LogP contribution in [0.1, 0.15) is 4.88 Å². The van der Waals surface area contributed by atoms with E-state index < -0.39 is 0 Å². The zero-order chi connectivity index (χ0) is 9.97. The third kappa shape index (κ3) is 1.98. The van der Waals surface area contributed by atoms with Gasteiger partial charge in [-0.25, -0.2) is 4.98 Å². The van der Waals surface area contributed by atoms with Crippen LogP contribution >= 0.6 is 34.3 Å². The predicted molar refractivity (Wildman–Crippen MR) is 63.2 cm³/mol. The molecule has 0 fully saturated rings. The lowest BCUT2D eigenvalue weighted by atomic mass is 10.5. The molecule has 2 aromatic heterocycles.